The molecule has 0 spiro atoms. The van der Waals surface area contributed by atoms with E-state index in [0.717, 1.165) is 28.7 Å². The van der Waals surface area contributed by atoms with Crippen LogP contribution in [-0.4, -0.2) is 18.9 Å². The van der Waals surface area contributed by atoms with Gasteiger partial charge in [-0.05, 0) is 24.5 Å². The summed E-state index contributed by atoms with van der Waals surface area (Å²) in [4.78, 5) is 9.23. The molecule has 1 aromatic carbocycles. The maximum atomic E-state index is 4.70. The number of rotatable bonds is 5. The van der Waals surface area contributed by atoms with Crippen LogP contribution in [0.1, 0.15) is 31.1 Å². The van der Waals surface area contributed by atoms with Crippen LogP contribution < -0.4 is 5.32 Å². The first-order valence-corrected chi connectivity index (χ1v) is 8.29. The zero-order chi connectivity index (χ0) is 15.7. The number of fused-ring (bicyclic) bond motifs is 1. The first-order chi connectivity index (χ1) is 10.5. The van der Waals surface area contributed by atoms with Gasteiger partial charge in [0.15, 0.2) is 0 Å². The summed E-state index contributed by atoms with van der Waals surface area (Å²) in [6, 6.07) is 6.21. The molecular formula is C16H21N5S. The molecule has 22 heavy (non-hydrogen) atoms. The van der Waals surface area contributed by atoms with Crippen LogP contribution in [0.4, 0.5) is 5.13 Å². The standard InChI is InChI=1S/C16H21N5S/c1-10(2)8-13-19-16(22-20-13)17-9-14-18-12-7-5-6-11(3)15(12)21(14)4/h5-7,10H,8-9H2,1-4H3,(H,17,19,20). The van der Waals surface area contributed by atoms with E-state index in [1.807, 2.05) is 6.07 Å². The SMILES string of the molecule is Cc1cccc2nc(CNc3nc(CC(C)C)ns3)n(C)c12. The van der Waals surface area contributed by atoms with Crippen LogP contribution in [-0.2, 0) is 20.0 Å². The molecule has 0 saturated heterocycles. The van der Waals surface area contributed by atoms with Crippen molar-refractivity contribution in [1.82, 2.24) is 18.9 Å². The number of nitrogens with one attached hydrogen (secondary N) is 1. The Kier molecular flexibility index (Phi) is 4.11. The molecule has 2 aromatic heterocycles. The summed E-state index contributed by atoms with van der Waals surface area (Å²) in [6.07, 6.45) is 0.920. The van der Waals surface area contributed by atoms with Gasteiger partial charge >= 0.3 is 0 Å². The van der Waals surface area contributed by atoms with Crippen LogP contribution in [0, 0.1) is 12.8 Å². The number of hydrogen-bond donors (Lipinski definition) is 1. The Labute approximate surface area is 134 Å². The maximum absolute atomic E-state index is 4.70. The molecule has 0 radical (unpaired) electrons. The molecule has 0 saturated carbocycles. The number of benzene rings is 1. The largest absolute Gasteiger partial charge is 0.353 e. The van der Waals surface area contributed by atoms with E-state index in [2.05, 4.69) is 59.2 Å². The van der Waals surface area contributed by atoms with Crippen molar-refractivity contribution in [2.45, 2.75) is 33.7 Å². The number of para-hydroxylation sites is 1. The summed E-state index contributed by atoms with van der Waals surface area (Å²) in [5.41, 5.74) is 3.48. The second kappa shape index (κ2) is 6.04. The lowest BCUT2D eigenvalue weighted by Crippen LogP contribution is -2.06. The van der Waals surface area contributed by atoms with Gasteiger partial charge < -0.3 is 9.88 Å². The van der Waals surface area contributed by atoms with Gasteiger partial charge in [-0.25, -0.2) is 9.97 Å². The van der Waals surface area contributed by atoms with Crippen LogP contribution in [0.15, 0.2) is 18.2 Å². The van der Waals surface area contributed by atoms with Crippen molar-refractivity contribution in [2.75, 3.05) is 5.32 Å². The third-order valence-corrected chi connectivity index (χ3v) is 4.36. The van der Waals surface area contributed by atoms with Gasteiger partial charge in [-0.1, -0.05) is 26.0 Å². The van der Waals surface area contributed by atoms with Gasteiger partial charge in [-0.15, -0.1) is 0 Å². The van der Waals surface area contributed by atoms with Gasteiger partial charge in [0.05, 0.1) is 17.6 Å². The third kappa shape index (κ3) is 2.97. The van der Waals surface area contributed by atoms with Crippen molar-refractivity contribution < 1.29 is 0 Å². The lowest BCUT2D eigenvalue weighted by molar-refractivity contribution is 0.627. The minimum atomic E-state index is 0.574. The zero-order valence-corrected chi connectivity index (χ0v) is 14.2. The average molecular weight is 315 g/mol. The van der Waals surface area contributed by atoms with Crippen molar-refractivity contribution in [3.05, 3.63) is 35.4 Å². The Hall–Kier alpha value is -1.95. The van der Waals surface area contributed by atoms with Crippen molar-refractivity contribution in [2.24, 2.45) is 13.0 Å². The van der Waals surface area contributed by atoms with Crippen LogP contribution in [0.25, 0.3) is 11.0 Å². The predicted octanol–water partition coefficient (Wildman–Crippen LogP) is 3.54. The summed E-state index contributed by atoms with van der Waals surface area (Å²) in [5, 5.41) is 4.20. The van der Waals surface area contributed by atoms with Crippen molar-refractivity contribution >= 4 is 27.7 Å². The first kappa shape index (κ1) is 15.0. The van der Waals surface area contributed by atoms with E-state index in [-0.39, 0.29) is 0 Å². The number of anilines is 1. The van der Waals surface area contributed by atoms with Crippen molar-refractivity contribution in [3.8, 4) is 0 Å². The lowest BCUT2D eigenvalue weighted by atomic mass is 10.1. The highest BCUT2D eigenvalue weighted by atomic mass is 32.1. The fraction of sp³-hybridized carbons (Fsp3) is 0.438. The fourth-order valence-corrected chi connectivity index (χ4v) is 3.19. The Morgan fingerprint density at radius 2 is 2.09 bits per heavy atom. The van der Waals surface area contributed by atoms with Gasteiger partial charge in [-0.2, -0.15) is 4.37 Å². The second-order valence-corrected chi connectivity index (χ2v) is 6.75. The molecule has 3 rings (SSSR count). The zero-order valence-electron chi connectivity index (χ0n) is 13.4. The van der Waals surface area contributed by atoms with Gasteiger partial charge in [-0.3, -0.25) is 0 Å². The Morgan fingerprint density at radius 3 is 2.82 bits per heavy atom. The highest BCUT2D eigenvalue weighted by molar-refractivity contribution is 7.09. The molecule has 3 aromatic rings. The molecular weight excluding hydrogens is 294 g/mol. The van der Waals surface area contributed by atoms with E-state index in [9.17, 15) is 0 Å². The minimum absolute atomic E-state index is 0.574. The molecule has 0 unspecified atom stereocenters. The number of aryl methyl sites for hydroxylation is 2. The first-order valence-electron chi connectivity index (χ1n) is 7.52. The van der Waals surface area contributed by atoms with Crippen LogP contribution in [0.3, 0.4) is 0 Å². The monoisotopic (exact) mass is 315 g/mol. The number of nitrogens with zero attached hydrogens (tertiary/aromatic N) is 4. The second-order valence-electron chi connectivity index (χ2n) is 6.00. The van der Waals surface area contributed by atoms with E-state index < -0.39 is 0 Å². The van der Waals surface area contributed by atoms with Gasteiger partial charge in [0.2, 0.25) is 5.13 Å². The van der Waals surface area contributed by atoms with E-state index >= 15 is 0 Å². The van der Waals surface area contributed by atoms with E-state index in [0.29, 0.717) is 12.5 Å². The quantitative estimate of drug-likeness (QED) is 0.782. The topological polar surface area (TPSA) is 55.6 Å². The molecule has 0 aliphatic carbocycles. The van der Waals surface area contributed by atoms with Crippen LogP contribution in [0.2, 0.25) is 0 Å². The van der Waals surface area contributed by atoms with E-state index in [4.69, 9.17) is 4.98 Å². The molecule has 0 amide bonds. The normalized spacial score (nSPS) is 11.5. The predicted molar refractivity (Wildman–Crippen MR) is 91.2 cm³/mol. The Balaban J connectivity index is 1.75. The maximum Gasteiger partial charge on any atom is 0.202 e. The molecule has 6 heteroatoms. The number of hydrogen-bond acceptors (Lipinski definition) is 5. The summed E-state index contributed by atoms with van der Waals surface area (Å²) in [5.74, 6) is 2.50. The van der Waals surface area contributed by atoms with Gasteiger partial charge in [0.25, 0.3) is 0 Å². The van der Waals surface area contributed by atoms with Crippen molar-refractivity contribution in [3.63, 3.8) is 0 Å². The molecule has 0 fully saturated rings. The van der Waals surface area contributed by atoms with E-state index in [1.165, 1.54) is 22.6 Å². The third-order valence-electron chi connectivity index (χ3n) is 3.65. The van der Waals surface area contributed by atoms with Crippen molar-refractivity contribution in [1.29, 1.82) is 0 Å². The lowest BCUT2D eigenvalue weighted by Gasteiger charge is -2.04. The highest BCUT2D eigenvalue weighted by Crippen LogP contribution is 2.20. The van der Waals surface area contributed by atoms with Gasteiger partial charge in [0.1, 0.15) is 11.6 Å². The summed E-state index contributed by atoms with van der Waals surface area (Å²) in [6.45, 7) is 7.12. The molecule has 5 nitrogen and oxygen atoms in total. The fourth-order valence-electron chi connectivity index (χ4n) is 2.60. The number of aromatic nitrogens is 4. The van der Waals surface area contributed by atoms with Crippen LogP contribution >= 0.6 is 11.5 Å². The van der Waals surface area contributed by atoms with E-state index in [1.54, 1.807) is 0 Å². The average Bonchev–Trinajstić information content (AvgIpc) is 3.02. The summed E-state index contributed by atoms with van der Waals surface area (Å²) < 4.78 is 6.54. The van der Waals surface area contributed by atoms with Crippen LogP contribution in [0.5, 0.6) is 0 Å². The molecule has 0 aliphatic rings. The molecule has 0 bridgehead atoms. The molecule has 116 valence electrons. The molecule has 0 aliphatic heterocycles. The Bertz CT molecular complexity index is 787. The summed E-state index contributed by atoms with van der Waals surface area (Å²) in [7, 11) is 2.06. The summed E-state index contributed by atoms with van der Waals surface area (Å²) >= 11 is 1.42. The Morgan fingerprint density at radius 1 is 1.27 bits per heavy atom. The number of imidazole rings is 1. The molecule has 0 atom stereocenters. The molecule has 1 N–H and O–H groups in total. The highest BCUT2D eigenvalue weighted by Gasteiger charge is 2.11. The molecule has 2 heterocycles. The van der Waals surface area contributed by atoms with Gasteiger partial charge in [0, 0.05) is 25.0 Å². The smallest absolute Gasteiger partial charge is 0.202 e. The minimum Gasteiger partial charge on any atom is -0.353 e.